The molecule has 2 aromatic carbocycles. The topological polar surface area (TPSA) is 80.9 Å². The Morgan fingerprint density at radius 2 is 1.94 bits per heavy atom. The van der Waals surface area contributed by atoms with Crippen molar-refractivity contribution in [1.29, 1.82) is 0 Å². The van der Waals surface area contributed by atoms with E-state index >= 15 is 0 Å². The first kappa shape index (κ1) is 22.4. The number of rotatable bonds is 10. The molecule has 0 atom stereocenters. The molecule has 0 amide bonds. The third-order valence-corrected chi connectivity index (χ3v) is 4.54. The fourth-order valence-corrected chi connectivity index (χ4v) is 2.95. The Morgan fingerprint density at radius 1 is 1.10 bits per heavy atom. The SMILES string of the molecule is CCNC(=NCc1ccc(C)cc1OCCOC)NCc1ncc(-c2ccccc2)o1. The zero-order chi connectivity index (χ0) is 21.9. The highest BCUT2D eigenvalue weighted by Crippen LogP contribution is 2.22. The number of aromatic nitrogens is 1. The second-order valence-corrected chi connectivity index (χ2v) is 6.99. The molecule has 0 aliphatic carbocycles. The van der Waals surface area contributed by atoms with Crippen LogP contribution < -0.4 is 15.4 Å². The molecular formula is C24H30N4O3. The van der Waals surface area contributed by atoms with Crippen LogP contribution in [0.5, 0.6) is 5.75 Å². The zero-order valence-corrected chi connectivity index (χ0v) is 18.4. The molecule has 164 valence electrons. The molecule has 0 aliphatic heterocycles. The van der Waals surface area contributed by atoms with Gasteiger partial charge in [0.05, 0.1) is 25.9 Å². The lowest BCUT2D eigenvalue weighted by atomic mass is 10.1. The average Bonchev–Trinajstić information content (AvgIpc) is 3.26. The zero-order valence-electron chi connectivity index (χ0n) is 18.4. The Hall–Kier alpha value is -3.32. The van der Waals surface area contributed by atoms with Crippen LogP contribution in [0.3, 0.4) is 0 Å². The van der Waals surface area contributed by atoms with Gasteiger partial charge in [0.2, 0.25) is 5.89 Å². The lowest BCUT2D eigenvalue weighted by Gasteiger charge is -2.13. The second-order valence-electron chi connectivity index (χ2n) is 6.99. The van der Waals surface area contributed by atoms with Gasteiger partial charge in [0.25, 0.3) is 0 Å². The van der Waals surface area contributed by atoms with Gasteiger partial charge in [-0.25, -0.2) is 9.98 Å². The summed E-state index contributed by atoms with van der Waals surface area (Å²) in [5.74, 6) is 2.86. The van der Waals surface area contributed by atoms with E-state index < -0.39 is 0 Å². The third kappa shape index (κ3) is 6.86. The third-order valence-electron chi connectivity index (χ3n) is 4.54. The van der Waals surface area contributed by atoms with Gasteiger partial charge in [-0.1, -0.05) is 42.5 Å². The monoisotopic (exact) mass is 422 g/mol. The molecule has 0 aliphatic rings. The fraction of sp³-hybridized carbons (Fsp3) is 0.333. The van der Waals surface area contributed by atoms with Crippen LogP contribution in [0.15, 0.2) is 64.1 Å². The summed E-state index contributed by atoms with van der Waals surface area (Å²) in [5, 5.41) is 6.53. The minimum atomic E-state index is 0.434. The van der Waals surface area contributed by atoms with Gasteiger partial charge in [0.15, 0.2) is 11.7 Å². The van der Waals surface area contributed by atoms with Crippen LogP contribution in [0.4, 0.5) is 0 Å². The summed E-state index contributed by atoms with van der Waals surface area (Å²) in [6.45, 7) is 6.79. The molecule has 7 heteroatoms. The van der Waals surface area contributed by atoms with Crippen LogP contribution in [0.2, 0.25) is 0 Å². The molecule has 0 fully saturated rings. The normalized spacial score (nSPS) is 11.4. The van der Waals surface area contributed by atoms with E-state index in [4.69, 9.17) is 18.9 Å². The summed E-state index contributed by atoms with van der Waals surface area (Å²) in [7, 11) is 1.66. The van der Waals surface area contributed by atoms with Crippen molar-refractivity contribution in [2.45, 2.75) is 26.9 Å². The highest BCUT2D eigenvalue weighted by Gasteiger charge is 2.08. The fourth-order valence-electron chi connectivity index (χ4n) is 2.95. The number of aliphatic imine (C=N–C) groups is 1. The van der Waals surface area contributed by atoms with Crippen molar-refractivity contribution in [2.75, 3.05) is 26.9 Å². The average molecular weight is 423 g/mol. The van der Waals surface area contributed by atoms with E-state index in [1.165, 1.54) is 0 Å². The number of nitrogens with zero attached hydrogens (tertiary/aromatic N) is 2. The van der Waals surface area contributed by atoms with E-state index in [2.05, 4.69) is 21.7 Å². The first-order chi connectivity index (χ1) is 15.2. The molecule has 0 bridgehead atoms. The molecule has 2 N–H and O–H groups in total. The van der Waals surface area contributed by atoms with Crippen molar-refractivity contribution in [1.82, 2.24) is 15.6 Å². The lowest BCUT2D eigenvalue weighted by Crippen LogP contribution is -2.36. The minimum absolute atomic E-state index is 0.434. The molecule has 3 aromatic rings. The predicted octanol–water partition coefficient (Wildman–Crippen LogP) is 3.93. The molecule has 0 saturated heterocycles. The van der Waals surface area contributed by atoms with Crippen molar-refractivity contribution in [3.8, 4) is 17.1 Å². The van der Waals surface area contributed by atoms with Gasteiger partial charge >= 0.3 is 0 Å². The van der Waals surface area contributed by atoms with Crippen LogP contribution in [0, 0.1) is 6.92 Å². The van der Waals surface area contributed by atoms with Gasteiger partial charge < -0.3 is 24.5 Å². The van der Waals surface area contributed by atoms with Gasteiger partial charge in [0.1, 0.15) is 12.4 Å². The van der Waals surface area contributed by atoms with E-state index in [-0.39, 0.29) is 0 Å². The molecule has 1 aromatic heterocycles. The summed E-state index contributed by atoms with van der Waals surface area (Å²) in [5.41, 5.74) is 3.16. The molecule has 0 spiro atoms. The number of hydrogen-bond acceptors (Lipinski definition) is 5. The lowest BCUT2D eigenvalue weighted by molar-refractivity contribution is 0.145. The largest absolute Gasteiger partial charge is 0.491 e. The number of benzene rings is 2. The maximum absolute atomic E-state index is 5.86. The molecule has 0 radical (unpaired) electrons. The number of aryl methyl sites for hydroxylation is 1. The smallest absolute Gasteiger partial charge is 0.214 e. The summed E-state index contributed by atoms with van der Waals surface area (Å²) >= 11 is 0. The first-order valence-corrected chi connectivity index (χ1v) is 10.4. The first-order valence-electron chi connectivity index (χ1n) is 10.4. The number of ether oxygens (including phenoxy) is 2. The summed E-state index contributed by atoms with van der Waals surface area (Å²) < 4.78 is 16.8. The highest BCUT2D eigenvalue weighted by atomic mass is 16.5. The number of methoxy groups -OCH3 is 1. The van der Waals surface area contributed by atoms with E-state index in [1.54, 1.807) is 13.3 Å². The van der Waals surface area contributed by atoms with E-state index in [9.17, 15) is 0 Å². The van der Waals surface area contributed by atoms with Crippen molar-refractivity contribution < 1.29 is 13.9 Å². The summed E-state index contributed by atoms with van der Waals surface area (Å²) in [6.07, 6.45) is 1.74. The number of hydrogen-bond donors (Lipinski definition) is 2. The van der Waals surface area contributed by atoms with E-state index in [1.807, 2.05) is 56.3 Å². The van der Waals surface area contributed by atoms with Crippen LogP contribution in [-0.4, -0.2) is 37.8 Å². The standard InChI is InChI=1S/C24H30N4O3/c1-4-25-24(27-15-20-11-10-18(2)14-21(20)30-13-12-29-3)28-17-23-26-16-22(31-23)19-8-6-5-7-9-19/h5-11,14,16H,4,12-13,15,17H2,1-3H3,(H2,25,27,28). The Kier molecular flexibility index (Phi) is 8.48. The Bertz CT molecular complexity index is 970. The van der Waals surface area contributed by atoms with E-state index in [0.717, 1.165) is 34.7 Å². The second kappa shape index (κ2) is 11.8. The van der Waals surface area contributed by atoms with Crippen molar-refractivity contribution in [3.05, 3.63) is 71.7 Å². The van der Waals surface area contributed by atoms with Crippen LogP contribution in [0.1, 0.15) is 23.9 Å². The van der Waals surface area contributed by atoms with Gasteiger partial charge in [-0.3, -0.25) is 0 Å². The molecule has 0 saturated carbocycles. The predicted molar refractivity (Wildman–Crippen MR) is 122 cm³/mol. The van der Waals surface area contributed by atoms with Crippen LogP contribution in [-0.2, 0) is 17.8 Å². The van der Waals surface area contributed by atoms with Crippen molar-refractivity contribution >= 4 is 5.96 Å². The highest BCUT2D eigenvalue weighted by molar-refractivity contribution is 5.79. The van der Waals surface area contributed by atoms with Gasteiger partial charge in [-0.15, -0.1) is 0 Å². The van der Waals surface area contributed by atoms with Gasteiger partial charge in [-0.2, -0.15) is 0 Å². The van der Waals surface area contributed by atoms with Gasteiger partial charge in [0, 0.05) is 24.8 Å². The number of oxazole rings is 1. The Balaban J connectivity index is 1.64. The van der Waals surface area contributed by atoms with Crippen molar-refractivity contribution in [3.63, 3.8) is 0 Å². The van der Waals surface area contributed by atoms with Crippen LogP contribution >= 0.6 is 0 Å². The molecular weight excluding hydrogens is 392 g/mol. The molecule has 1 heterocycles. The summed E-state index contributed by atoms with van der Waals surface area (Å²) in [6, 6.07) is 16.1. The van der Waals surface area contributed by atoms with E-state index in [0.29, 0.717) is 38.2 Å². The van der Waals surface area contributed by atoms with Crippen LogP contribution in [0.25, 0.3) is 11.3 Å². The van der Waals surface area contributed by atoms with Crippen molar-refractivity contribution in [2.24, 2.45) is 4.99 Å². The summed E-state index contributed by atoms with van der Waals surface area (Å²) in [4.78, 5) is 9.06. The number of nitrogens with one attached hydrogen (secondary N) is 2. The quantitative estimate of drug-likeness (QED) is 0.293. The molecule has 0 unspecified atom stereocenters. The maximum atomic E-state index is 5.86. The minimum Gasteiger partial charge on any atom is -0.491 e. The molecule has 3 rings (SSSR count). The maximum Gasteiger partial charge on any atom is 0.214 e. The Labute approximate surface area is 183 Å². The van der Waals surface area contributed by atoms with Gasteiger partial charge in [-0.05, 0) is 25.5 Å². The number of guanidine groups is 1. The molecule has 31 heavy (non-hydrogen) atoms. The Morgan fingerprint density at radius 3 is 2.71 bits per heavy atom. The molecule has 7 nitrogen and oxygen atoms in total.